The summed E-state index contributed by atoms with van der Waals surface area (Å²) in [4.78, 5) is 0.154. The fraction of sp³-hybridized carbons (Fsp3) is 0.364. The first-order chi connectivity index (χ1) is 43.0. The second-order valence-corrected chi connectivity index (χ2v) is 28.1. The zero-order chi connectivity index (χ0) is 64.2. The predicted molar refractivity (Wildman–Crippen MR) is 333 cm³/mol. The van der Waals surface area contributed by atoms with Gasteiger partial charge in [0.2, 0.25) is 0 Å². The van der Waals surface area contributed by atoms with Gasteiger partial charge < -0.3 is 37.9 Å². The van der Waals surface area contributed by atoms with Gasteiger partial charge in [-0.1, -0.05) is 95.1 Å². The molecule has 7 aromatic rings. The zero-order valence-corrected chi connectivity index (χ0v) is 54.2. The van der Waals surface area contributed by atoms with Crippen molar-refractivity contribution in [1.29, 1.82) is 0 Å². The largest absolute Gasteiger partial charge is 0.487 e. The van der Waals surface area contributed by atoms with Gasteiger partial charge in [0.15, 0.2) is 23.0 Å². The van der Waals surface area contributed by atoms with Crippen LogP contribution in [0.25, 0.3) is 0 Å². The lowest BCUT2D eigenvalue weighted by Crippen LogP contribution is -2.48. The van der Waals surface area contributed by atoms with Gasteiger partial charge in [0, 0.05) is 10.8 Å². The molecule has 0 N–H and O–H groups in total. The van der Waals surface area contributed by atoms with Crippen molar-refractivity contribution in [2.75, 3.05) is 106 Å². The minimum Gasteiger partial charge on any atom is -0.487 e. The molecule has 3 aliphatic carbocycles. The molecule has 7 aromatic carbocycles. The lowest BCUT2D eigenvalue weighted by atomic mass is 9.48. The van der Waals surface area contributed by atoms with Crippen molar-refractivity contribution in [3.63, 3.8) is 0 Å². The lowest BCUT2D eigenvalue weighted by molar-refractivity contribution is 0.0710. The number of ether oxygens (including phenoxy) is 8. The van der Waals surface area contributed by atoms with Crippen LogP contribution in [0.4, 0.5) is 0 Å². The molecule has 2 bridgehead atoms. The first-order valence-electron chi connectivity index (χ1n) is 29.2. The average Bonchev–Trinajstić information content (AvgIpc) is 0.664. The molecule has 0 fully saturated rings. The van der Waals surface area contributed by atoms with E-state index in [9.17, 15) is 33.7 Å². The van der Waals surface area contributed by atoms with Crippen molar-refractivity contribution in [2.45, 2.75) is 72.0 Å². The van der Waals surface area contributed by atoms with Crippen LogP contribution in [0.5, 0.6) is 23.0 Å². The summed E-state index contributed by atoms with van der Waals surface area (Å²) in [6.07, 6.45) is 0. The zero-order valence-electron chi connectivity index (χ0n) is 51.0. The molecule has 0 atom stereocenters. The van der Waals surface area contributed by atoms with Crippen LogP contribution in [0.15, 0.2) is 165 Å². The van der Waals surface area contributed by atoms with Crippen LogP contribution in [0.1, 0.15) is 69.5 Å². The first kappa shape index (κ1) is 67.6. The van der Waals surface area contributed by atoms with Crippen LogP contribution in [0, 0.1) is 27.7 Å². The standard InChI is InChI=1S/C66H74O20S4/c1-47-11-19-51(20-12-47)87(67,68)83-39-31-75-27-35-79-61-43-57-58(44-62(61)80-36-28-76-32-40-84-88(69,70)52-21-13-48(2)14-22-52)66(6)56-10-8-7-9-55(56)65(57,5)59-45-63(81-37-29-77-33-41-85-89(71,72)53-23-15-49(3)16-24-53)64(46-60(59)66)82-38-30-78-34-42-86-90(73,74)54-25-17-50(4)18-26-54/h7-26,43-46H,27-42H2,1-6H3. The van der Waals surface area contributed by atoms with E-state index in [4.69, 9.17) is 54.6 Å². The van der Waals surface area contributed by atoms with Gasteiger partial charge in [-0.05, 0) is 148 Å². The molecule has 0 unspecified atom stereocenters. The Morgan fingerprint density at radius 2 is 0.467 bits per heavy atom. The van der Waals surface area contributed by atoms with Gasteiger partial charge in [0.05, 0.1) is 98.9 Å². The summed E-state index contributed by atoms with van der Waals surface area (Å²) >= 11 is 0. The molecule has 482 valence electrons. The first-order valence-corrected chi connectivity index (χ1v) is 34.8. The summed E-state index contributed by atoms with van der Waals surface area (Å²) in [6, 6.07) is 41.4. The molecular weight excluding hydrogens is 1240 g/mol. The van der Waals surface area contributed by atoms with Gasteiger partial charge >= 0.3 is 0 Å². The van der Waals surface area contributed by atoms with Crippen molar-refractivity contribution < 1.29 is 88.3 Å². The van der Waals surface area contributed by atoms with E-state index < -0.39 is 51.3 Å². The molecule has 0 saturated carbocycles. The monoisotopic (exact) mass is 1310 g/mol. The Morgan fingerprint density at radius 3 is 0.678 bits per heavy atom. The van der Waals surface area contributed by atoms with E-state index in [1.807, 2.05) is 64.1 Å². The van der Waals surface area contributed by atoms with E-state index in [2.05, 4.69) is 26.0 Å². The van der Waals surface area contributed by atoms with Crippen molar-refractivity contribution in [3.05, 3.63) is 201 Å². The molecule has 0 amide bonds. The Kier molecular flexibility index (Phi) is 22.3. The highest BCUT2D eigenvalue weighted by molar-refractivity contribution is 7.87. The Labute approximate surface area is 527 Å². The van der Waals surface area contributed by atoms with Crippen LogP contribution in [0.3, 0.4) is 0 Å². The van der Waals surface area contributed by atoms with Gasteiger partial charge in [0.25, 0.3) is 40.5 Å². The maximum Gasteiger partial charge on any atom is 0.297 e. The van der Waals surface area contributed by atoms with Crippen LogP contribution >= 0.6 is 0 Å². The van der Waals surface area contributed by atoms with Crippen molar-refractivity contribution in [1.82, 2.24) is 0 Å². The number of aryl methyl sites for hydroxylation is 4. The molecule has 90 heavy (non-hydrogen) atoms. The SMILES string of the molecule is Cc1ccc(S(=O)(=O)OCCOCCOc2cc3c(cc2OCCOCCOS(=O)(=O)c2ccc(C)cc2)C2(C)c4ccccc4C3(C)c3cc(OCCOCCOS(=O)(=O)c4ccc(C)cc4)c(OCCOCCOS(=O)(=O)c4ccc(C)cc4)cc32)cc1. The van der Waals surface area contributed by atoms with E-state index >= 15 is 0 Å². The number of hydrogen-bond acceptors (Lipinski definition) is 20. The average molecular weight is 1320 g/mol. The Morgan fingerprint density at radius 1 is 0.267 bits per heavy atom. The van der Waals surface area contributed by atoms with Gasteiger partial charge in [0.1, 0.15) is 26.4 Å². The Bertz CT molecular complexity index is 3550. The van der Waals surface area contributed by atoms with Crippen LogP contribution in [-0.2, 0) is 87.0 Å². The number of hydrogen-bond donors (Lipinski definition) is 0. The molecule has 24 heteroatoms. The van der Waals surface area contributed by atoms with Gasteiger partial charge in [-0.3, -0.25) is 16.7 Å². The Balaban J connectivity index is 0.939. The summed E-state index contributed by atoms with van der Waals surface area (Å²) < 4.78 is 173. The molecular formula is C66H74O20S4. The number of rotatable bonds is 36. The summed E-state index contributed by atoms with van der Waals surface area (Å²) in [5.41, 5.74) is 7.59. The minimum atomic E-state index is -4.01. The summed E-state index contributed by atoms with van der Waals surface area (Å²) in [5, 5.41) is 0. The molecule has 10 rings (SSSR count). The maximum absolute atomic E-state index is 12.8. The highest BCUT2D eigenvalue weighted by atomic mass is 32.2. The minimum absolute atomic E-state index is 0.0308. The summed E-state index contributed by atoms with van der Waals surface area (Å²) in [6.45, 7) is 11.0. The highest BCUT2D eigenvalue weighted by Gasteiger charge is 2.56. The molecule has 0 spiro atoms. The van der Waals surface area contributed by atoms with E-state index in [-0.39, 0.29) is 125 Å². The fourth-order valence-electron chi connectivity index (χ4n) is 10.6. The van der Waals surface area contributed by atoms with Crippen molar-refractivity contribution in [2.24, 2.45) is 0 Å². The van der Waals surface area contributed by atoms with E-state index in [1.54, 1.807) is 48.5 Å². The maximum atomic E-state index is 12.8. The molecule has 20 nitrogen and oxygen atoms in total. The fourth-order valence-corrected chi connectivity index (χ4v) is 14.2. The Hall–Kier alpha value is -6.78. The summed E-state index contributed by atoms with van der Waals surface area (Å²) in [7, 11) is -16.0. The summed E-state index contributed by atoms with van der Waals surface area (Å²) in [5.74, 6) is 1.51. The van der Waals surface area contributed by atoms with Gasteiger partial charge in [-0.25, -0.2) is 0 Å². The normalized spacial score (nSPS) is 16.1. The third kappa shape index (κ3) is 16.1. The van der Waals surface area contributed by atoms with Crippen molar-refractivity contribution >= 4 is 40.5 Å². The second kappa shape index (κ2) is 29.7. The third-order valence-corrected chi connectivity index (χ3v) is 20.7. The second-order valence-electron chi connectivity index (χ2n) is 21.7. The van der Waals surface area contributed by atoms with Crippen molar-refractivity contribution in [3.8, 4) is 23.0 Å². The van der Waals surface area contributed by atoms with Crippen LogP contribution < -0.4 is 18.9 Å². The highest BCUT2D eigenvalue weighted by Crippen LogP contribution is 2.64. The molecule has 0 aliphatic heterocycles. The van der Waals surface area contributed by atoms with Crippen LogP contribution in [0.2, 0.25) is 0 Å². The molecule has 0 aromatic heterocycles. The van der Waals surface area contributed by atoms with E-state index in [0.717, 1.165) is 55.6 Å². The van der Waals surface area contributed by atoms with Gasteiger partial charge in [-0.15, -0.1) is 0 Å². The topological polar surface area (TPSA) is 247 Å². The molecule has 0 saturated heterocycles. The van der Waals surface area contributed by atoms with E-state index in [0.29, 0.717) is 23.0 Å². The van der Waals surface area contributed by atoms with Gasteiger partial charge in [-0.2, -0.15) is 33.7 Å². The quantitative estimate of drug-likeness (QED) is 0.0262. The molecule has 3 aliphatic rings. The van der Waals surface area contributed by atoms with E-state index in [1.165, 1.54) is 48.5 Å². The molecule has 0 heterocycles. The van der Waals surface area contributed by atoms with Crippen LogP contribution in [-0.4, -0.2) is 139 Å². The molecule has 0 radical (unpaired) electrons. The smallest absolute Gasteiger partial charge is 0.297 e. The lowest BCUT2D eigenvalue weighted by Gasteiger charge is -2.54. The number of benzene rings is 7. The third-order valence-electron chi connectivity index (χ3n) is 15.4. The predicted octanol–water partition coefficient (Wildman–Crippen LogP) is 9.46.